The third kappa shape index (κ3) is 3.11. The van der Waals surface area contributed by atoms with Crippen molar-refractivity contribution in [3.05, 3.63) is 46.2 Å². The first-order chi connectivity index (χ1) is 9.65. The molecule has 2 N–H and O–H groups in total. The van der Waals surface area contributed by atoms with Gasteiger partial charge in [0, 0.05) is 10.9 Å². The molecule has 0 fully saturated rings. The Balaban J connectivity index is 2.15. The van der Waals surface area contributed by atoms with Crippen LogP contribution in [-0.4, -0.2) is 18.1 Å². The summed E-state index contributed by atoms with van der Waals surface area (Å²) in [5.74, 6) is 0.151. The molecule has 1 atom stereocenters. The molecule has 1 unspecified atom stereocenters. The third-order valence-electron chi connectivity index (χ3n) is 3.05. The highest BCUT2D eigenvalue weighted by Crippen LogP contribution is 2.26. The number of thiophene rings is 1. The van der Waals surface area contributed by atoms with E-state index < -0.39 is 0 Å². The molecule has 0 aliphatic heterocycles. The second-order valence-corrected chi connectivity index (χ2v) is 5.31. The maximum atomic E-state index is 12.2. The van der Waals surface area contributed by atoms with Gasteiger partial charge in [-0.3, -0.25) is 4.79 Å². The monoisotopic (exact) mass is 291 g/mol. The predicted molar refractivity (Wildman–Crippen MR) is 79.5 cm³/mol. The molecule has 0 spiro atoms. The van der Waals surface area contributed by atoms with Crippen LogP contribution in [-0.2, 0) is 0 Å². The Bertz CT molecular complexity index is 581. The lowest BCUT2D eigenvalue weighted by molar-refractivity contribution is 0.0933. The summed E-state index contributed by atoms with van der Waals surface area (Å²) in [6, 6.07) is 8.56. The summed E-state index contributed by atoms with van der Waals surface area (Å²) >= 11 is 1.61. The van der Waals surface area contributed by atoms with Gasteiger partial charge in [-0.1, -0.05) is 13.0 Å². The minimum Gasteiger partial charge on any atom is -0.507 e. The lowest BCUT2D eigenvalue weighted by Crippen LogP contribution is -2.27. The number of phenolic OH excluding ortho intramolecular Hbond substituents is 1. The average molecular weight is 291 g/mol. The van der Waals surface area contributed by atoms with Gasteiger partial charge in [0.25, 0.3) is 5.91 Å². The number of carbonyl (C=O) groups is 1. The molecule has 0 saturated heterocycles. The molecule has 1 aromatic heterocycles. The summed E-state index contributed by atoms with van der Waals surface area (Å²) in [5.41, 5.74) is 0.251. The van der Waals surface area contributed by atoms with Crippen LogP contribution in [0.4, 0.5) is 0 Å². The van der Waals surface area contributed by atoms with Crippen molar-refractivity contribution in [2.24, 2.45) is 0 Å². The molecule has 1 heterocycles. The Hall–Kier alpha value is -2.01. The van der Waals surface area contributed by atoms with E-state index in [2.05, 4.69) is 5.32 Å². The highest BCUT2D eigenvalue weighted by atomic mass is 32.1. The number of benzene rings is 1. The smallest absolute Gasteiger partial charge is 0.255 e. The van der Waals surface area contributed by atoms with E-state index in [0.717, 1.165) is 11.3 Å². The number of ether oxygens (including phenoxy) is 1. The van der Waals surface area contributed by atoms with Crippen molar-refractivity contribution in [3.63, 3.8) is 0 Å². The van der Waals surface area contributed by atoms with Crippen LogP contribution in [0.5, 0.6) is 11.5 Å². The SMILES string of the molecule is CCC(NC(=O)c1ccc(OC)cc1O)c1cccs1. The standard InChI is InChI=1S/C15H17NO3S/c1-3-12(14-5-4-8-20-14)16-15(18)11-7-6-10(19-2)9-13(11)17/h4-9,12,17H,3H2,1-2H3,(H,16,18). The van der Waals surface area contributed by atoms with E-state index in [1.54, 1.807) is 23.5 Å². The molecule has 2 rings (SSSR count). The molecule has 0 saturated carbocycles. The molecule has 1 aromatic carbocycles. The van der Waals surface area contributed by atoms with E-state index in [1.807, 2.05) is 24.4 Å². The normalized spacial score (nSPS) is 11.9. The molecular weight excluding hydrogens is 274 g/mol. The Morgan fingerprint density at radius 2 is 2.25 bits per heavy atom. The minimum atomic E-state index is -0.287. The van der Waals surface area contributed by atoms with Crippen LogP contribution in [0.2, 0.25) is 0 Å². The second-order valence-electron chi connectivity index (χ2n) is 4.33. The quantitative estimate of drug-likeness (QED) is 0.888. The zero-order valence-corrected chi connectivity index (χ0v) is 12.2. The largest absolute Gasteiger partial charge is 0.507 e. The number of aromatic hydroxyl groups is 1. The second kappa shape index (κ2) is 6.43. The van der Waals surface area contributed by atoms with Gasteiger partial charge in [-0.05, 0) is 30.0 Å². The summed E-state index contributed by atoms with van der Waals surface area (Å²) in [4.78, 5) is 13.3. The molecule has 0 bridgehead atoms. The van der Waals surface area contributed by atoms with Gasteiger partial charge < -0.3 is 15.2 Å². The molecule has 5 heteroatoms. The fourth-order valence-electron chi connectivity index (χ4n) is 1.93. The first-order valence-corrected chi connectivity index (χ1v) is 7.25. The van der Waals surface area contributed by atoms with Gasteiger partial charge in [-0.25, -0.2) is 0 Å². The van der Waals surface area contributed by atoms with E-state index in [-0.39, 0.29) is 23.3 Å². The number of phenols is 1. The van der Waals surface area contributed by atoms with Crippen molar-refractivity contribution in [3.8, 4) is 11.5 Å². The van der Waals surface area contributed by atoms with E-state index in [0.29, 0.717) is 5.75 Å². The summed E-state index contributed by atoms with van der Waals surface area (Å²) in [6.45, 7) is 2.01. The van der Waals surface area contributed by atoms with Crippen LogP contribution in [0.15, 0.2) is 35.7 Å². The van der Waals surface area contributed by atoms with Crippen LogP contribution in [0.3, 0.4) is 0 Å². The lowest BCUT2D eigenvalue weighted by atomic mass is 10.1. The average Bonchev–Trinajstić information content (AvgIpc) is 2.98. The van der Waals surface area contributed by atoms with Gasteiger partial charge in [0.05, 0.1) is 18.7 Å². The number of carbonyl (C=O) groups excluding carboxylic acids is 1. The predicted octanol–water partition coefficient (Wildman–Crippen LogP) is 3.34. The maximum absolute atomic E-state index is 12.2. The number of hydrogen-bond acceptors (Lipinski definition) is 4. The van der Waals surface area contributed by atoms with Crippen LogP contribution in [0.1, 0.15) is 34.6 Å². The first kappa shape index (κ1) is 14.4. The van der Waals surface area contributed by atoms with Gasteiger partial charge >= 0.3 is 0 Å². The van der Waals surface area contributed by atoms with Gasteiger partial charge in [-0.2, -0.15) is 0 Å². The summed E-state index contributed by atoms with van der Waals surface area (Å²) in [7, 11) is 1.51. The van der Waals surface area contributed by atoms with Crippen LogP contribution < -0.4 is 10.1 Å². The lowest BCUT2D eigenvalue weighted by Gasteiger charge is -2.16. The summed E-state index contributed by atoms with van der Waals surface area (Å²) < 4.78 is 5.00. The highest BCUT2D eigenvalue weighted by molar-refractivity contribution is 7.10. The van der Waals surface area contributed by atoms with Crippen molar-refractivity contribution in [1.29, 1.82) is 0 Å². The molecule has 1 amide bonds. The summed E-state index contributed by atoms with van der Waals surface area (Å²) in [5, 5.41) is 14.8. The molecule has 4 nitrogen and oxygen atoms in total. The number of rotatable bonds is 5. The topological polar surface area (TPSA) is 58.6 Å². The number of hydrogen-bond donors (Lipinski definition) is 2. The van der Waals surface area contributed by atoms with Crippen molar-refractivity contribution in [1.82, 2.24) is 5.32 Å². The fourth-order valence-corrected chi connectivity index (χ4v) is 2.79. The Kier molecular flexibility index (Phi) is 4.63. The van der Waals surface area contributed by atoms with Crippen LogP contribution in [0, 0.1) is 0 Å². The zero-order valence-electron chi connectivity index (χ0n) is 11.4. The van der Waals surface area contributed by atoms with E-state index >= 15 is 0 Å². The Labute approximate surface area is 122 Å². The van der Waals surface area contributed by atoms with Gasteiger partial charge in [-0.15, -0.1) is 11.3 Å². The minimum absolute atomic E-state index is 0.0380. The van der Waals surface area contributed by atoms with Gasteiger partial charge in [0.1, 0.15) is 11.5 Å². The Morgan fingerprint density at radius 1 is 1.45 bits per heavy atom. The fraction of sp³-hybridized carbons (Fsp3) is 0.267. The molecule has 2 aromatic rings. The molecule has 106 valence electrons. The van der Waals surface area contributed by atoms with Crippen LogP contribution >= 0.6 is 11.3 Å². The van der Waals surface area contributed by atoms with Crippen molar-refractivity contribution >= 4 is 17.2 Å². The highest BCUT2D eigenvalue weighted by Gasteiger charge is 2.17. The van der Waals surface area contributed by atoms with E-state index in [4.69, 9.17) is 4.74 Å². The molecule has 0 aliphatic rings. The molecule has 0 radical (unpaired) electrons. The first-order valence-electron chi connectivity index (χ1n) is 6.37. The number of methoxy groups -OCH3 is 1. The number of amides is 1. The zero-order chi connectivity index (χ0) is 14.5. The van der Waals surface area contributed by atoms with Gasteiger partial charge in [0.2, 0.25) is 0 Å². The maximum Gasteiger partial charge on any atom is 0.255 e. The van der Waals surface area contributed by atoms with Crippen molar-refractivity contribution in [2.45, 2.75) is 19.4 Å². The number of nitrogens with one attached hydrogen (secondary N) is 1. The molecular formula is C15H17NO3S. The molecule has 0 aliphatic carbocycles. The third-order valence-corrected chi connectivity index (χ3v) is 4.04. The van der Waals surface area contributed by atoms with Gasteiger partial charge in [0.15, 0.2) is 0 Å². The van der Waals surface area contributed by atoms with Crippen LogP contribution in [0.25, 0.3) is 0 Å². The Morgan fingerprint density at radius 3 is 2.80 bits per heavy atom. The van der Waals surface area contributed by atoms with E-state index in [9.17, 15) is 9.90 Å². The molecule has 20 heavy (non-hydrogen) atoms. The van der Waals surface area contributed by atoms with Crippen molar-refractivity contribution < 1.29 is 14.6 Å². The van der Waals surface area contributed by atoms with Crippen molar-refractivity contribution in [2.75, 3.05) is 7.11 Å². The summed E-state index contributed by atoms with van der Waals surface area (Å²) in [6.07, 6.45) is 0.795. The van der Waals surface area contributed by atoms with E-state index in [1.165, 1.54) is 13.2 Å².